The number of nitrogens with zero attached hydrogens (tertiary/aromatic N) is 4. The maximum atomic E-state index is 14.3. The van der Waals surface area contributed by atoms with Gasteiger partial charge in [-0.15, -0.1) is 0 Å². The minimum absolute atomic E-state index is 0.0170. The third-order valence-electron chi connectivity index (χ3n) is 7.28. The number of aliphatic hydroxyl groups is 1. The van der Waals surface area contributed by atoms with Crippen LogP contribution in [0.5, 0.6) is 5.75 Å². The van der Waals surface area contributed by atoms with Crippen molar-refractivity contribution in [2.45, 2.75) is 64.2 Å². The van der Waals surface area contributed by atoms with Crippen LogP contribution in [0.1, 0.15) is 44.0 Å². The third kappa shape index (κ3) is 8.70. The van der Waals surface area contributed by atoms with Crippen LogP contribution in [0.3, 0.4) is 0 Å². The predicted molar refractivity (Wildman–Crippen MR) is 169 cm³/mol. The molecule has 2 aromatic carbocycles. The van der Waals surface area contributed by atoms with Crippen LogP contribution in [0.4, 0.5) is 5.82 Å². The lowest BCUT2D eigenvalue weighted by atomic mass is 10.1. The fourth-order valence-corrected chi connectivity index (χ4v) is 6.52. The number of hydrogen-bond acceptors (Lipinski definition) is 13. The van der Waals surface area contributed by atoms with Gasteiger partial charge in [0.15, 0.2) is 17.7 Å². The van der Waals surface area contributed by atoms with E-state index in [-0.39, 0.29) is 56.6 Å². The molecule has 1 aliphatic heterocycles. The van der Waals surface area contributed by atoms with Gasteiger partial charge in [0.1, 0.15) is 36.3 Å². The molecule has 5 rings (SSSR count). The summed E-state index contributed by atoms with van der Waals surface area (Å²) in [6.45, 7) is 3.18. The van der Waals surface area contributed by atoms with E-state index in [0.717, 1.165) is 5.56 Å². The van der Waals surface area contributed by atoms with Crippen molar-refractivity contribution < 1.29 is 42.5 Å². The van der Waals surface area contributed by atoms with E-state index >= 15 is 0 Å². The van der Waals surface area contributed by atoms with E-state index in [0.29, 0.717) is 16.7 Å². The summed E-state index contributed by atoms with van der Waals surface area (Å²) in [6.07, 6.45) is 0.569. The number of nitrogens with one attached hydrogen (secondary N) is 1. The number of ether oxygens (including phenoxy) is 3. The summed E-state index contributed by atoms with van der Waals surface area (Å²) in [7, 11) is -4.32. The Morgan fingerprint density at radius 2 is 1.89 bits per heavy atom. The van der Waals surface area contributed by atoms with E-state index in [9.17, 15) is 19.3 Å². The SMILES string of the molecule is CCOC(=O)CCc1ccccc1OP(=O)(N[C@@H](C)C(=O)OCc1ccccc1)OC[C@@H]1C[C@H](O)[C@H](n2cnc3c(N)ncnc32)O1. The number of aliphatic hydroxyl groups excluding tert-OH is 1. The normalized spacial score (nSPS) is 19.6. The Morgan fingerprint density at radius 1 is 1.13 bits per heavy atom. The van der Waals surface area contributed by atoms with Crippen molar-refractivity contribution in [1.82, 2.24) is 24.6 Å². The van der Waals surface area contributed by atoms with Gasteiger partial charge in [0, 0.05) is 12.8 Å². The molecule has 0 bridgehead atoms. The van der Waals surface area contributed by atoms with Gasteiger partial charge in [0.25, 0.3) is 0 Å². The molecule has 0 radical (unpaired) electrons. The molecule has 250 valence electrons. The highest BCUT2D eigenvalue weighted by atomic mass is 31.2. The molecule has 1 saturated heterocycles. The number of aryl methyl sites for hydroxylation is 1. The average Bonchev–Trinajstić information content (AvgIpc) is 3.66. The van der Waals surface area contributed by atoms with E-state index in [2.05, 4.69) is 20.0 Å². The van der Waals surface area contributed by atoms with Gasteiger partial charge in [-0.05, 0) is 37.5 Å². The van der Waals surface area contributed by atoms with Gasteiger partial charge in [0.2, 0.25) is 0 Å². The summed E-state index contributed by atoms with van der Waals surface area (Å²) < 4.78 is 44.2. The zero-order valence-corrected chi connectivity index (χ0v) is 26.8. The van der Waals surface area contributed by atoms with Crippen LogP contribution in [-0.2, 0) is 45.9 Å². The second-order valence-corrected chi connectivity index (χ2v) is 12.5. The first kappa shape index (κ1) is 33.9. The molecule has 5 atom stereocenters. The van der Waals surface area contributed by atoms with E-state index in [1.807, 2.05) is 30.3 Å². The zero-order chi connectivity index (χ0) is 33.4. The number of para-hydroxylation sites is 1. The summed E-state index contributed by atoms with van der Waals surface area (Å²) in [6, 6.07) is 14.8. The van der Waals surface area contributed by atoms with Crippen LogP contribution >= 0.6 is 7.75 Å². The molecule has 1 aliphatic rings. The lowest BCUT2D eigenvalue weighted by Gasteiger charge is -2.25. The van der Waals surface area contributed by atoms with Gasteiger partial charge in [-0.1, -0.05) is 48.5 Å². The van der Waals surface area contributed by atoms with E-state index in [1.165, 1.54) is 24.1 Å². The summed E-state index contributed by atoms with van der Waals surface area (Å²) in [5.74, 6) is -0.701. The number of aromatic nitrogens is 4. The molecule has 3 heterocycles. The Bertz CT molecular complexity index is 1720. The van der Waals surface area contributed by atoms with Crippen molar-refractivity contribution in [3.63, 3.8) is 0 Å². The smallest absolute Gasteiger partial charge is 0.459 e. The summed E-state index contributed by atoms with van der Waals surface area (Å²) >= 11 is 0. The number of benzene rings is 2. The molecule has 4 N–H and O–H groups in total. The van der Waals surface area contributed by atoms with Gasteiger partial charge in [0.05, 0.1) is 25.6 Å². The fraction of sp³-hybridized carbons (Fsp3) is 0.387. The highest BCUT2D eigenvalue weighted by Crippen LogP contribution is 2.47. The van der Waals surface area contributed by atoms with E-state index in [1.54, 1.807) is 31.2 Å². The van der Waals surface area contributed by atoms with Gasteiger partial charge < -0.3 is 29.6 Å². The molecular weight excluding hydrogens is 631 g/mol. The van der Waals surface area contributed by atoms with Gasteiger partial charge in [-0.2, -0.15) is 5.09 Å². The summed E-state index contributed by atoms with van der Waals surface area (Å²) in [5.41, 5.74) is 7.99. The Balaban J connectivity index is 1.30. The Morgan fingerprint density at radius 3 is 2.68 bits per heavy atom. The van der Waals surface area contributed by atoms with Gasteiger partial charge in [-0.25, -0.2) is 19.5 Å². The van der Waals surface area contributed by atoms with Crippen molar-refractivity contribution in [2.75, 3.05) is 18.9 Å². The van der Waals surface area contributed by atoms with Crippen LogP contribution in [0, 0.1) is 0 Å². The largest absolute Gasteiger partial charge is 0.466 e. The monoisotopic (exact) mass is 668 g/mol. The fourth-order valence-electron chi connectivity index (χ4n) is 4.96. The molecule has 2 aromatic heterocycles. The molecule has 1 fully saturated rings. The molecule has 16 heteroatoms. The number of carbonyl (C=O) groups excluding carboxylic acids is 2. The van der Waals surface area contributed by atoms with Gasteiger partial charge >= 0.3 is 19.7 Å². The number of anilines is 1. The Hall–Kier alpha value is -4.40. The van der Waals surface area contributed by atoms with Crippen LogP contribution < -0.4 is 15.3 Å². The minimum atomic E-state index is -4.32. The number of imidazole rings is 1. The number of esters is 2. The molecule has 0 saturated carbocycles. The number of rotatable bonds is 15. The Kier molecular flexibility index (Phi) is 11.2. The maximum Gasteiger partial charge on any atom is 0.459 e. The summed E-state index contributed by atoms with van der Waals surface area (Å²) in [4.78, 5) is 37.3. The van der Waals surface area contributed by atoms with E-state index in [4.69, 9.17) is 29.0 Å². The predicted octanol–water partition coefficient (Wildman–Crippen LogP) is 3.48. The first-order valence-corrected chi connectivity index (χ1v) is 16.6. The van der Waals surface area contributed by atoms with E-state index < -0.39 is 38.2 Å². The van der Waals surface area contributed by atoms with Crippen molar-refractivity contribution in [3.05, 3.63) is 78.4 Å². The molecule has 1 unspecified atom stereocenters. The van der Waals surface area contributed by atoms with Crippen molar-refractivity contribution >= 4 is 36.7 Å². The second-order valence-electron chi connectivity index (χ2n) is 10.8. The Labute approximate surface area is 271 Å². The highest BCUT2D eigenvalue weighted by molar-refractivity contribution is 7.52. The van der Waals surface area contributed by atoms with Gasteiger partial charge in [-0.3, -0.25) is 18.7 Å². The number of nitrogens with two attached hydrogens (primary N) is 1. The third-order valence-corrected chi connectivity index (χ3v) is 8.91. The topological polar surface area (TPSA) is 199 Å². The molecule has 47 heavy (non-hydrogen) atoms. The lowest BCUT2D eigenvalue weighted by molar-refractivity contribution is -0.146. The number of fused-ring (bicyclic) bond motifs is 1. The molecule has 0 aliphatic carbocycles. The molecule has 0 amide bonds. The van der Waals surface area contributed by atoms with Crippen molar-refractivity contribution in [3.8, 4) is 5.75 Å². The van der Waals surface area contributed by atoms with Crippen LogP contribution in [0.2, 0.25) is 0 Å². The summed E-state index contributed by atoms with van der Waals surface area (Å²) in [5, 5.41) is 13.5. The van der Waals surface area contributed by atoms with Crippen LogP contribution in [0.15, 0.2) is 67.3 Å². The van der Waals surface area contributed by atoms with Crippen molar-refractivity contribution in [2.24, 2.45) is 0 Å². The average molecular weight is 669 g/mol. The maximum absolute atomic E-state index is 14.3. The second kappa shape index (κ2) is 15.5. The molecule has 15 nitrogen and oxygen atoms in total. The number of carbonyl (C=O) groups is 2. The quantitative estimate of drug-likeness (QED) is 0.123. The zero-order valence-electron chi connectivity index (χ0n) is 25.9. The van der Waals surface area contributed by atoms with Crippen LogP contribution in [0.25, 0.3) is 11.2 Å². The van der Waals surface area contributed by atoms with Crippen LogP contribution in [-0.4, -0.2) is 68.0 Å². The highest BCUT2D eigenvalue weighted by Gasteiger charge is 2.40. The standard InChI is InChI=1S/C31H37N6O9P/c1-3-42-26(39)14-13-22-11-7-8-12-25(22)46-47(41,36-20(2)31(40)43-16-21-9-5-4-6-10-21)44-17-23-15-24(38)30(45-23)37-19-35-27-28(32)33-18-34-29(27)37/h4-12,18-20,23-24,30,38H,3,13-17H2,1-2H3,(H,36,41)(H2,32,33,34)/t20-,23-,24-,30+,47?/m0/s1. The molecule has 0 spiro atoms. The first-order valence-electron chi connectivity index (χ1n) is 15.1. The van der Waals surface area contributed by atoms with Crippen molar-refractivity contribution in [1.29, 1.82) is 0 Å². The molecular formula is C31H37N6O9P. The number of hydrogen-bond donors (Lipinski definition) is 3. The minimum Gasteiger partial charge on any atom is -0.466 e. The molecule has 4 aromatic rings. The lowest BCUT2D eigenvalue weighted by Crippen LogP contribution is -2.35. The number of nitrogen functional groups attached to an aromatic ring is 1. The first-order chi connectivity index (χ1) is 22.7.